The Kier molecular flexibility index (Phi) is 6.25. The minimum Gasteiger partial charge on any atom is -0.374 e. The summed E-state index contributed by atoms with van der Waals surface area (Å²) in [5.74, 6) is -0.279. The topological polar surface area (TPSA) is 42.3 Å². The molecule has 2 aromatic carbocycles. The molecule has 2 unspecified atom stereocenters. The maximum absolute atomic E-state index is 14.6. The van der Waals surface area contributed by atoms with Crippen LogP contribution in [0.3, 0.4) is 0 Å². The zero-order valence-corrected chi connectivity index (χ0v) is 17.0. The van der Waals surface area contributed by atoms with Crippen LogP contribution in [0, 0.1) is 5.82 Å². The van der Waals surface area contributed by atoms with Gasteiger partial charge in [0.05, 0.1) is 30.8 Å². The van der Waals surface area contributed by atoms with Crippen LogP contribution < -0.4 is 5.32 Å². The van der Waals surface area contributed by atoms with Crippen LogP contribution in [0.1, 0.15) is 17.2 Å². The van der Waals surface area contributed by atoms with Gasteiger partial charge in [-0.1, -0.05) is 29.8 Å². The van der Waals surface area contributed by atoms with Gasteiger partial charge >= 0.3 is 0 Å². The van der Waals surface area contributed by atoms with Crippen LogP contribution in [0.4, 0.5) is 4.39 Å². The van der Waals surface area contributed by atoms with Gasteiger partial charge in [-0.05, 0) is 42.4 Å². The van der Waals surface area contributed by atoms with Gasteiger partial charge in [-0.15, -0.1) is 0 Å². The second-order valence-corrected chi connectivity index (χ2v) is 7.77. The molecule has 3 aromatic rings. The number of nitrogens with one attached hydrogen (secondary N) is 1. The first kappa shape index (κ1) is 20.0. The molecule has 0 saturated carbocycles. The molecule has 2 heterocycles. The molecule has 1 saturated heterocycles. The number of likely N-dealkylation sites (N-methyl/N-ethyl adjacent to an activating group) is 1. The summed E-state index contributed by atoms with van der Waals surface area (Å²) >= 11 is 6.06. The largest absolute Gasteiger partial charge is 0.374 e. The van der Waals surface area contributed by atoms with E-state index in [4.69, 9.17) is 16.3 Å². The highest BCUT2D eigenvalue weighted by Crippen LogP contribution is 2.25. The van der Waals surface area contributed by atoms with Crippen molar-refractivity contribution in [1.82, 2.24) is 19.8 Å². The highest BCUT2D eigenvalue weighted by molar-refractivity contribution is 6.30. The van der Waals surface area contributed by atoms with Gasteiger partial charge in [-0.3, -0.25) is 0 Å². The van der Waals surface area contributed by atoms with Crippen LogP contribution in [0.5, 0.6) is 0 Å². The molecule has 1 aromatic heterocycles. The maximum Gasteiger partial charge on any atom is 0.147 e. The average molecular weight is 415 g/mol. The van der Waals surface area contributed by atoms with E-state index < -0.39 is 0 Å². The van der Waals surface area contributed by atoms with Crippen molar-refractivity contribution in [3.05, 3.63) is 83.2 Å². The third-order valence-corrected chi connectivity index (χ3v) is 5.47. The van der Waals surface area contributed by atoms with Gasteiger partial charge in [-0.25, -0.2) is 9.37 Å². The molecular weight excluding hydrogens is 391 g/mol. The second-order valence-electron chi connectivity index (χ2n) is 7.34. The minimum atomic E-state index is -0.279. The standard InChI is InChI=1S/C22H24ClFN4O/c1-27-10-11-29-21(14-27)22(17-3-5-18(23)6-4-17)26-13-16-2-7-20(19(24)12-16)28-9-8-25-15-28/h2-9,12,15,21-22,26H,10-11,13-14H2,1H3. The first-order chi connectivity index (χ1) is 14.1. The third-order valence-electron chi connectivity index (χ3n) is 5.22. The van der Waals surface area contributed by atoms with E-state index in [0.29, 0.717) is 23.9 Å². The van der Waals surface area contributed by atoms with Gasteiger partial charge in [0.15, 0.2) is 0 Å². The van der Waals surface area contributed by atoms with E-state index >= 15 is 0 Å². The van der Waals surface area contributed by atoms with Gasteiger partial charge in [0.2, 0.25) is 0 Å². The predicted molar refractivity (Wildman–Crippen MR) is 112 cm³/mol. The number of ether oxygens (including phenoxy) is 1. The summed E-state index contributed by atoms with van der Waals surface area (Å²) in [6.07, 6.45) is 4.95. The molecule has 1 fully saturated rings. The second kappa shape index (κ2) is 9.05. The molecular formula is C22H24ClFN4O. The number of morpholine rings is 1. The fourth-order valence-electron chi connectivity index (χ4n) is 3.65. The van der Waals surface area contributed by atoms with Crippen LogP contribution >= 0.6 is 11.6 Å². The van der Waals surface area contributed by atoms with E-state index in [1.165, 1.54) is 0 Å². The van der Waals surface area contributed by atoms with Crippen LogP contribution in [-0.2, 0) is 11.3 Å². The van der Waals surface area contributed by atoms with Crippen LogP contribution in [-0.4, -0.2) is 47.3 Å². The van der Waals surface area contributed by atoms with Gasteiger partial charge in [0, 0.05) is 37.1 Å². The lowest BCUT2D eigenvalue weighted by molar-refractivity contribution is -0.0396. The average Bonchev–Trinajstić information content (AvgIpc) is 3.24. The van der Waals surface area contributed by atoms with E-state index in [0.717, 1.165) is 24.2 Å². The smallest absolute Gasteiger partial charge is 0.147 e. The fraction of sp³-hybridized carbons (Fsp3) is 0.318. The van der Waals surface area contributed by atoms with Gasteiger partial charge in [0.25, 0.3) is 0 Å². The number of halogens is 2. The van der Waals surface area contributed by atoms with Crippen molar-refractivity contribution in [2.45, 2.75) is 18.7 Å². The van der Waals surface area contributed by atoms with Crippen molar-refractivity contribution >= 4 is 11.6 Å². The van der Waals surface area contributed by atoms with Crippen molar-refractivity contribution in [3.63, 3.8) is 0 Å². The van der Waals surface area contributed by atoms with Crippen molar-refractivity contribution in [2.24, 2.45) is 0 Å². The molecule has 29 heavy (non-hydrogen) atoms. The van der Waals surface area contributed by atoms with E-state index in [9.17, 15) is 4.39 Å². The lowest BCUT2D eigenvalue weighted by atomic mass is 9.99. The Balaban J connectivity index is 1.51. The van der Waals surface area contributed by atoms with Crippen LogP contribution in [0.15, 0.2) is 61.2 Å². The van der Waals surface area contributed by atoms with Crippen molar-refractivity contribution in [2.75, 3.05) is 26.7 Å². The number of imidazole rings is 1. The molecule has 0 radical (unpaired) electrons. The number of rotatable bonds is 6. The van der Waals surface area contributed by atoms with Crippen molar-refractivity contribution in [1.29, 1.82) is 0 Å². The lowest BCUT2D eigenvalue weighted by Crippen LogP contribution is -2.46. The van der Waals surface area contributed by atoms with Crippen molar-refractivity contribution in [3.8, 4) is 5.69 Å². The van der Waals surface area contributed by atoms with Gasteiger partial charge in [0.1, 0.15) is 5.82 Å². The minimum absolute atomic E-state index is 0.00462. The highest BCUT2D eigenvalue weighted by Gasteiger charge is 2.28. The zero-order valence-electron chi connectivity index (χ0n) is 16.3. The molecule has 0 spiro atoms. The summed E-state index contributed by atoms with van der Waals surface area (Å²) in [7, 11) is 2.10. The quantitative estimate of drug-likeness (QED) is 0.665. The summed E-state index contributed by atoms with van der Waals surface area (Å²) in [6, 6.07) is 13.0. The van der Waals surface area contributed by atoms with E-state index in [1.54, 1.807) is 35.4 Å². The molecule has 2 atom stereocenters. The Bertz CT molecular complexity index is 932. The molecule has 7 heteroatoms. The SMILES string of the molecule is CN1CCOC(C(NCc2ccc(-n3ccnc3)c(F)c2)c2ccc(Cl)cc2)C1. The maximum atomic E-state index is 14.6. The molecule has 5 nitrogen and oxygen atoms in total. The Morgan fingerprint density at radius 1 is 1.28 bits per heavy atom. The molecule has 1 N–H and O–H groups in total. The third kappa shape index (κ3) is 4.85. The fourth-order valence-corrected chi connectivity index (χ4v) is 3.77. The number of hydrogen-bond acceptors (Lipinski definition) is 4. The van der Waals surface area contributed by atoms with Crippen LogP contribution in [0.25, 0.3) is 5.69 Å². The zero-order chi connectivity index (χ0) is 20.2. The summed E-state index contributed by atoms with van der Waals surface area (Å²) < 4.78 is 22.3. The normalized spacial score (nSPS) is 18.7. The van der Waals surface area contributed by atoms with E-state index in [-0.39, 0.29) is 18.0 Å². The first-order valence-corrected chi connectivity index (χ1v) is 10.0. The molecule has 1 aliphatic rings. The Morgan fingerprint density at radius 2 is 2.10 bits per heavy atom. The molecule has 152 valence electrons. The van der Waals surface area contributed by atoms with Gasteiger partial charge in [-0.2, -0.15) is 0 Å². The first-order valence-electron chi connectivity index (χ1n) is 9.66. The van der Waals surface area contributed by atoms with Gasteiger partial charge < -0.3 is 19.5 Å². The number of nitrogens with zero attached hydrogens (tertiary/aromatic N) is 3. The highest BCUT2D eigenvalue weighted by atomic mass is 35.5. The molecule has 4 rings (SSSR count). The monoisotopic (exact) mass is 414 g/mol. The summed E-state index contributed by atoms with van der Waals surface area (Å²) in [5, 5.41) is 4.26. The molecule has 0 amide bonds. The molecule has 0 bridgehead atoms. The number of benzene rings is 2. The Morgan fingerprint density at radius 3 is 2.79 bits per heavy atom. The summed E-state index contributed by atoms with van der Waals surface area (Å²) in [6.45, 7) is 2.97. The lowest BCUT2D eigenvalue weighted by Gasteiger charge is -2.36. The Hall–Kier alpha value is -2.25. The van der Waals surface area contributed by atoms with Crippen LogP contribution in [0.2, 0.25) is 5.02 Å². The Labute approximate surface area is 175 Å². The molecule has 0 aliphatic carbocycles. The summed E-state index contributed by atoms with van der Waals surface area (Å²) in [5.41, 5.74) is 2.46. The van der Waals surface area contributed by atoms with Crippen molar-refractivity contribution < 1.29 is 9.13 Å². The van der Waals surface area contributed by atoms with E-state index in [2.05, 4.69) is 22.2 Å². The predicted octanol–water partition coefficient (Wildman–Crippen LogP) is 3.83. The summed E-state index contributed by atoms with van der Waals surface area (Å²) in [4.78, 5) is 6.24. The molecule has 1 aliphatic heterocycles. The van der Waals surface area contributed by atoms with E-state index in [1.807, 2.05) is 30.3 Å². The number of hydrogen-bond donors (Lipinski definition) is 1. The number of aromatic nitrogens is 2.